The van der Waals surface area contributed by atoms with Gasteiger partial charge in [-0.1, -0.05) is 32.4 Å². The first kappa shape index (κ1) is 10.7. The van der Waals surface area contributed by atoms with Crippen LogP contribution < -0.4 is 5.32 Å². The summed E-state index contributed by atoms with van der Waals surface area (Å²) in [6, 6.07) is 0.616. The van der Waals surface area contributed by atoms with Crippen LogP contribution in [-0.2, 0) is 0 Å². The fourth-order valence-corrected chi connectivity index (χ4v) is 0.835. The molecule has 0 aliphatic heterocycles. The summed E-state index contributed by atoms with van der Waals surface area (Å²) in [4.78, 5) is 0. The van der Waals surface area contributed by atoms with Gasteiger partial charge in [-0.3, -0.25) is 0 Å². The first-order chi connectivity index (χ1) is 5.16. The second-order valence-electron chi connectivity index (χ2n) is 3.30. The maximum Gasteiger partial charge on any atom is 0.00105 e. The van der Waals surface area contributed by atoms with Gasteiger partial charge < -0.3 is 5.32 Å². The van der Waals surface area contributed by atoms with Crippen LogP contribution in [0.2, 0.25) is 0 Å². The third kappa shape index (κ3) is 7.60. The summed E-state index contributed by atoms with van der Waals surface area (Å²) in [7, 11) is 0. The van der Waals surface area contributed by atoms with Crippen LogP contribution in [-0.4, -0.2) is 12.6 Å². The van der Waals surface area contributed by atoms with E-state index in [9.17, 15) is 0 Å². The Bertz CT molecular complexity index is 114. The molecule has 0 rings (SSSR count). The Morgan fingerprint density at radius 2 is 2.09 bits per heavy atom. The van der Waals surface area contributed by atoms with E-state index in [1.54, 1.807) is 0 Å². The van der Waals surface area contributed by atoms with Crippen molar-refractivity contribution in [1.29, 1.82) is 0 Å². The lowest BCUT2D eigenvalue weighted by atomic mass is 10.2. The number of nitrogens with one attached hydrogen (secondary N) is 1. The van der Waals surface area contributed by atoms with Crippen LogP contribution >= 0.6 is 0 Å². The zero-order valence-electron chi connectivity index (χ0n) is 8.28. The van der Waals surface area contributed by atoms with Crippen LogP contribution in [0.4, 0.5) is 0 Å². The van der Waals surface area contributed by atoms with Gasteiger partial charge in [-0.2, -0.15) is 0 Å². The standard InChI is InChI=1S/C10H21N/c1-5-10(4)7-6-8-11-9(2)3/h7,9,11H,5-6,8H2,1-4H3. The van der Waals surface area contributed by atoms with Crippen molar-refractivity contribution in [1.82, 2.24) is 5.32 Å². The average Bonchev–Trinajstić information content (AvgIpc) is 1.97. The van der Waals surface area contributed by atoms with E-state index in [2.05, 4.69) is 39.1 Å². The van der Waals surface area contributed by atoms with Gasteiger partial charge in [0.2, 0.25) is 0 Å². The molecule has 0 aromatic carbocycles. The maximum absolute atomic E-state index is 3.38. The minimum Gasteiger partial charge on any atom is -0.314 e. The highest BCUT2D eigenvalue weighted by Crippen LogP contribution is 1.98. The normalized spacial score (nSPS) is 12.6. The minimum atomic E-state index is 0.616. The van der Waals surface area contributed by atoms with Crippen LogP contribution in [0.1, 0.15) is 40.5 Å². The Morgan fingerprint density at radius 1 is 1.45 bits per heavy atom. The van der Waals surface area contributed by atoms with E-state index in [0.29, 0.717) is 6.04 Å². The van der Waals surface area contributed by atoms with Gasteiger partial charge in [0.15, 0.2) is 0 Å². The van der Waals surface area contributed by atoms with Gasteiger partial charge in [0.05, 0.1) is 0 Å². The molecule has 0 fully saturated rings. The summed E-state index contributed by atoms with van der Waals surface area (Å²) >= 11 is 0. The molecule has 0 spiro atoms. The molecule has 0 aromatic rings. The molecule has 0 atom stereocenters. The lowest BCUT2D eigenvalue weighted by Gasteiger charge is -2.05. The van der Waals surface area contributed by atoms with Crippen LogP contribution in [0, 0.1) is 0 Å². The molecule has 11 heavy (non-hydrogen) atoms. The van der Waals surface area contributed by atoms with Crippen LogP contribution in [0.5, 0.6) is 0 Å². The second-order valence-corrected chi connectivity index (χ2v) is 3.30. The van der Waals surface area contributed by atoms with Gasteiger partial charge in [0, 0.05) is 6.04 Å². The van der Waals surface area contributed by atoms with Crippen molar-refractivity contribution in [2.75, 3.05) is 6.54 Å². The van der Waals surface area contributed by atoms with Crippen molar-refractivity contribution in [2.45, 2.75) is 46.6 Å². The first-order valence-electron chi connectivity index (χ1n) is 4.55. The number of hydrogen-bond acceptors (Lipinski definition) is 1. The summed E-state index contributed by atoms with van der Waals surface area (Å²) in [5.41, 5.74) is 1.50. The molecular formula is C10H21N. The Kier molecular flexibility index (Phi) is 6.24. The van der Waals surface area contributed by atoms with E-state index < -0.39 is 0 Å². The van der Waals surface area contributed by atoms with Gasteiger partial charge in [-0.15, -0.1) is 0 Å². The molecule has 0 amide bonds. The fraction of sp³-hybridized carbons (Fsp3) is 0.800. The van der Waals surface area contributed by atoms with Crippen molar-refractivity contribution in [3.05, 3.63) is 11.6 Å². The molecule has 0 heterocycles. The third-order valence-electron chi connectivity index (χ3n) is 1.75. The lowest BCUT2D eigenvalue weighted by molar-refractivity contribution is 0.594. The van der Waals surface area contributed by atoms with Crippen LogP contribution in [0.3, 0.4) is 0 Å². The van der Waals surface area contributed by atoms with Crippen molar-refractivity contribution < 1.29 is 0 Å². The highest BCUT2D eigenvalue weighted by molar-refractivity contribution is 4.96. The Labute approximate surface area is 70.9 Å². The van der Waals surface area contributed by atoms with E-state index >= 15 is 0 Å². The van der Waals surface area contributed by atoms with Gasteiger partial charge >= 0.3 is 0 Å². The molecule has 0 aromatic heterocycles. The van der Waals surface area contributed by atoms with Gasteiger partial charge in [-0.05, 0) is 26.3 Å². The number of hydrogen-bond donors (Lipinski definition) is 1. The summed E-state index contributed by atoms with van der Waals surface area (Å²) < 4.78 is 0. The molecule has 1 nitrogen and oxygen atoms in total. The molecular weight excluding hydrogens is 134 g/mol. The van der Waals surface area contributed by atoms with Gasteiger partial charge in [-0.25, -0.2) is 0 Å². The van der Waals surface area contributed by atoms with E-state index in [1.807, 2.05) is 0 Å². The minimum absolute atomic E-state index is 0.616. The quantitative estimate of drug-likeness (QED) is 0.475. The largest absolute Gasteiger partial charge is 0.314 e. The summed E-state index contributed by atoms with van der Waals surface area (Å²) in [5.74, 6) is 0. The zero-order chi connectivity index (χ0) is 8.69. The Hall–Kier alpha value is -0.300. The van der Waals surface area contributed by atoms with Crippen LogP contribution in [0.25, 0.3) is 0 Å². The Balaban J connectivity index is 3.26. The van der Waals surface area contributed by atoms with Crippen molar-refractivity contribution in [3.63, 3.8) is 0 Å². The zero-order valence-corrected chi connectivity index (χ0v) is 8.28. The summed E-state index contributed by atoms with van der Waals surface area (Å²) in [6.45, 7) is 9.85. The molecule has 66 valence electrons. The molecule has 0 unspecified atom stereocenters. The molecule has 0 aliphatic rings. The molecule has 1 N–H and O–H groups in total. The van der Waals surface area contributed by atoms with Crippen molar-refractivity contribution in [2.24, 2.45) is 0 Å². The second kappa shape index (κ2) is 6.41. The molecule has 0 radical (unpaired) electrons. The molecule has 0 saturated carbocycles. The van der Waals surface area contributed by atoms with Crippen molar-refractivity contribution >= 4 is 0 Å². The topological polar surface area (TPSA) is 12.0 Å². The first-order valence-corrected chi connectivity index (χ1v) is 4.55. The van der Waals surface area contributed by atoms with E-state index in [4.69, 9.17) is 0 Å². The maximum atomic E-state index is 3.38. The molecule has 0 bridgehead atoms. The predicted molar refractivity (Wildman–Crippen MR) is 51.8 cm³/mol. The molecule has 1 heteroatoms. The fourth-order valence-electron chi connectivity index (χ4n) is 0.835. The SMILES string of the molecule is CCC(C)=CCCNC(C)C. The van der Waals surface area contributed by atoms with Crippen molar-refractivity contribution in [3.8, 4) is 0 Å². The average molecular weight is 155 g/mol. The number of allylic oxidation sites excluding steroid dienone is 1. The lowest BCUT2D eigenvalue weighted by Crippen LogP contribution is -2.23. The van der Waals surface area contributed by atoms with E-state index in [1.165, 1.54) is 12.0 Å². The van der Waals surface area contributed by atoms with Crippen LogP contribution in [0.15, 0.2) is 11.6 Å². The molecule has 0 aliphatic carbocycles. The van der Waals surface area contributed by atoms with Gasteiger partial charge in [0.1, 0.15) is 0 Å². The monoisotopic (exact) mass is 155 g/mol. The number of rotatable bonds is 5. The van der Waals surface area contributed by atoms with E-state index in [-0.39, 0.29) is 0 Å². The smallest absolute Gasteiger partial charge is 0.00105 e. The highest BCUT2D eigenvalue weighted by atomic mass is 14.9. The summed E-state index contributed by atoms with van der Waals surface area (Å²) in [6.07, 6.45) is 4.66. The van der Waals surface area contributed by atoms with Gasteiger partial charge in [0.25, 0.3) is 0 Å². The third-order valence-corrected chi connectivity index (χ3v) is 1.75. The molecule has 0 saturated heterocycles. The Morgan fingerprint density at radius 3 is 2.55 bits per heavy atom. The highest BCUT2D eigenvalue weighted by Gasteiger charge is 1.89. The summed E-state index contributed by atoms with van der Waals surface area (Å²) in [5, 5.41) is 3.38. The van der Waals surface area contributed by atoms with E-state index in [0.717, 1.165) is 13.0 Å². The predicted octanol–water partition coefficient (Wildman–Crippen LogP) is 2.73.